The van der Waals surface area contributed by atoms with Crippen LogP contribution in [-0.2, 0) is 16.4 Å². The van der Waals surface area contributed by atoms with Crippen LogP contribution < -0.4 is 4.72 Å². The number of aliphatic hydroxyl groups is 1. The van der Waals surface area contributed by atoms with Gasteiger partial charge in [0.05, 0.1) is 10.6 Å². The molecule has 0 heterocycles. The second kappa shape index (κ2) is 6.55. The van der Waals surface area contributed by atoms with E-state index < -0.39 is 15.8 Å². The highest BCUT2D eigenvalue weighted by atomic mass is 79.9. The molecule has 0 atom stereocenters. The second-order valence-corrected chi connectivity index (χ2v) is 6.95. The molecule has 0 saturated carbocycles. The summed E-state index contributed by atoms with van der Waals surface area (Å²) in [7, 11) is -3.85. The molecule has 0 spiro atoms. The number of anilines is 1. The van der Waals surface area contributed by atoms with Crippen LogP contribution in [0.3, 0.4) is 0 Å². The third-order valence-corrected chi connectivity index (χ3v) is 4.68. The van der Waals surface area contributed by atoms with Gasteiger partial charge in [0, 0.05) is 11.1 Å². The minimum absolute atomic E-state index is 0.00550. The van der Waals surface area contributed by atoms with Crippen molar-refractivity contribution in [3.05, 3.63) is 58.3 Å². The third kappa shape index (κ3) is 4.03. The average molecular weight is 374 g/mol. The van der Waals surface area contributed by atoms with Gasteiger partial charge in [-0.3, -0.25) is 4.72 Å². The predicted molar refractivity (Wildman–Crippen MR) is 82.1 cm³/mol. The van der Waals surface area contributed by atoms with Gasteiger partial charge in [-0.2, -0.15) is 0 Å². The van der Waals surface area contributed by atoms with Gasteiger partial charge in [-0.1, -0.05) is 28.1 Å². The lowest BCUT2D eigenvalue weighted by Gasteiger charge is -2.09. The topological polar surface area (TPSA) is 66.4 Å². The zero-order valence-corrected chi connectivity index (χ0v) is 13.3. The van der Waals surface area contributed by atoms with Gasteiger partial charge in [0.25, 0.3) is 10.0 Å². The van der Waals surface area contributed by atoms with Crippen LogP contribution in [0.4, 0.5) is 10.1 Å². The highest BCUT2D eigenvalue weighted by Crippen LogP contribution is 2.22. The minimum Gasteiger partial charge on any atom is -0.396 e. The van der Waals surface area contributed by atoms with Crippen molar-refractivity contribution in [2.45, 2.75) is 11.3 Å². The van der Waals surface area contributed by atoms with Crippen LogP contribution in [-0.4, -0.2) is 20.1 Å². The molecule has 2 rings (SSSR count). The molecule has 21 heavy (non-hydrogen) atoms. The van der Waals surface area contributed by atoms with E-state index in [9.17, 15) is 12.8 Å². The van der Waals surface area contributed by atoms with Crippen molar-refractivity contribution < 1.29 is 17.9 Å². The Bertz CT molecular complexity index is 732. The molecule has 0 saturated heterocycles. The van der Waals surface area contributed by atoms with Crippen molar-refractivity contribution in [1.82, 2.24) is 0 Å². The normalized spacial score (nSPS) is 11.4. The molecule has 0 aliphatic carbocycles. The van der Waals surface area contributed by atoms with E-state index in [-0.39, 0.29) is 17.2 Å². The minimum atomic E-state index is -3.85. The third-order valence-electron chi connectivity index (χ3n) is 2.81. The maximum absolute atomic E-state index is 13.7. The molecule has 0 unspecified atom stereocenters. The summed E-state index contributed by atoms with van der Waals surface area (Å²) < 4.78 is 40.7. The number of hydrogen-bond donors (Lipinski definition) is 2. The Morgan fingerprint density at radius 2 is 1.81 bits per heavy atom. The summed E-state index contributed by atoms with van der Waals surface area (Å²) in [4.78, 5) is 0.0338. The lowest BCUT2D eigenvalue weighted by atomic mass is 10.2. The van der Waals surface area contributed by atoms with Crippen LogP contribution >= 0.6 is 15.9 Å². The van der Waals surface area contributed by atoms with E-state index in [0.29, 0.717) is 10.9 Å². The van der Waals surface area contributed by atoms with Gasteiger partial charge in [-0.05, 0) is 42.3 Å². The summed E-state index contributed by atoms with van der Waals surface area (Å²) >= 11 is 3.11. The van der Waals surface area contributed by atoms with Gasteiger partial charge in [-0.25, -0.2) is 12.8 Å². The Kier molecular flexibility index (Phi) is 4.97. The zero-order chi connectivity index (χ0) is 15.5. The van der Waals surface area contributed by atoms with Crippen LogP contribution in [0.2, 0.25) is 0 Å². The molecule has 112 valence electrons. The summed E-state index contributed by atoms with van der Waals surface area (Å²) in [5.74, 6) is -0.662. The number of benzene rings is 2. The van der Waals surface area contributed by atoms with Crippen LogP contribution in [0.25, 0.3) is 0 Å². The molecular formula is C14H13BrFNO3S. The van der Waals surface area contributed by atoms with E-state index in [4.69, 9.17) is 5.11 Å². The highest BCUT2D eigenvalue weighted by Gasteiger charge is 2.16. The van der Waals surface area contributed by atoms with E-state index in [1.807, 2.05) is 0 Å². The first-order valence-electron chi connectivity index (χ1n) is 6.10. The van der Waals surface area contributed by atoms with Crippen molar-refractivity contribution in [2.24, 2.45) is 0 Å². The summed E-state index contributed by atoms with van der Waals surface area (Å²) in [6, 6.07) is 10.1. The fourth-order valence-corrected chi connectivity index (χ4v) is 3.14. The Morgan fingerprint density at radius 1 is 1.14 bits per heavy atom. The summed E-state index contributed by atoms with van der Waals surface area (Å²) in [5, 5.41) is 8.82. The van der Waals surface area contributed by atoms with Gasteiger partial charge in [-0.15, -0.1) is 0 Å². The molecular weight excluding hydrogens is 361 g/mol. The molecule has 0 fully saturated rings. The number of nitrogens with one attached hydrogen (secondary N) is 1. The van der Waals surface area contributed by atoms with E-state index >= 15 is 0 Å². The van der Waals surface area contributed by atoms with Crippen molar-refractivity contribution in [3.63, 3.8) is 0 Å². The van der Waals surface area contributed by atoms with Crippen molar-refractivity contribution in [2.75, 3.05) is 11.3 Å². The van der Waals surface area contributed by atoms with Crippen LogP contribution in [0.5, 0.6) is 0 Å². The molecule has 0 aromatic heterocycles. The van der Waals surface area contributed by atoms with Gasteiger partial charge >= 0.3 is 0 Å². The first-order valence-corrected chi connectivity index (χ1v) is 8.37. The first-order chi connectivity index (χ1) is 9.92. The largest absolute Gasteiger partial charge is 0.396 e. The Labute approximate surface area is 130 Å². The molecule has 4 nitrogen and oxygen atoms in total. The molecule has 0 radical (unpaired) electrons. The smallest absolute Gasteiger partial charge is 0.261 e. The molecule has 2 N–H and O–H groups in total. The van der Waals surface area contributed by atoms with Crippen molar-refractivity contribution in [1.29, 1.82) is 0 Å². The Balaban J connectivity index is 2.25. The summed E-state index contributed by atoms with van der Waals surface area (Å²) in [5.41, 5.74) is 0.712. The SMILES string of the molecule is O=S(=O)(Nc1ccc(Br)cc1F)c1ccc(CCO)cc1. The Hall–Kier alpha value is -1.44. The average Bonchev–Trinajstić information content (AvgIpc) is 2.43. The molecule has 0 aliphatic heterocycles. The van der Waals surface area contributed by atoms with E-state index in [1.165, 1.54) is 24.3 Å². The summed E-state index contributed by atoms with van der Waals surface area (Å²) in [6.45, 7) is -0.00550. The number of halogens is 2. The zero-order valence-electron chi connectivity index (χ0n) is 10.9. The van der Waals surface area contributed by atoms with E-state index in [2.05, 4.69) is 20.7 Å². The maximum Gasteiger partial charge on any atom is 0.261 e. The lowest BCUT2D eigenvalue weighted by molar-refractivity contribution is 0.299. The molecule has 0 amide bonds. The van der Waals surface area contributed by atoms with Gasteiger partial charge in [0.15, 0.2) is 0 Å². The van der Waals surface area contributed by atoms with Crippen LogP contribution in [0.15, 0.2) is 51.8 Å². The van der Waals surface area contributed by atoms with E-state index in [0.717, 1.165) is 5.56 Å². The maximum atomic E-state index is 13.7. The lowest BCUT2D eigenvalue weighted by Crippen LogP contribution is -2.14. The second-order valence-electron chi connectivity index (χ2n) is 4.35. The molecule has 0 aliphatic rings. The molecule has 0 bridgehead atoms. The van der Waals surface area contributed by atoms with Crippen LogP contribution in [0.1, 0.15) is 5.56 Å². The number of sulfonamides is 1. The van der Waals surface area contributed by atoms with Crippen molar-refractivity contribution >= 4 is 31.6 Å². The monoisotopic (exact) mass is 373 g/mol. The Morgan fingerprint density at radius 3 is 2.38 bits per heavy atom. The van der Waals surface area contributed by atoms with E-state index in [1.54, 1.807) is 18.2 Å². The molecule has 7 heteroatoms. The summed E-state index contributed by atoms with van der Waals surface area (Å²) in [6.07, 6.45) is 0.453. The van der Waals surface area contributed by atoms with Gasteiger partial charge in [0.2, 0.25) is 0 Å². The number of aliphatic hydroxyl groups excluding tert-OH is 1. The number of hydrogen-bond acceptors (Lipinski definition) is 3. The van der Waals surface area contributed by atoms with Crippen molar-refractivity contribution in [3.8, 4) is 0 Å². The fraction of sp³-hybridized carbons (Fsp3) is 0.143. The quantitative estimate of drug-likeness (QED) is 0.846. The predicted octanol–water partition coefficient (Wildman–Crippen LogP) is 2.92. The first kappa shape index (κ1) is 15.9. The van der Waals surface area contributed by atoms with Crippen LogP contribution in [0, 0.1) is 5.82 Å². The standard InChI is InChI=1S/C14H13BrFNO3S/c15-11-3-6-14(13(16)9-11)17-21(19,20)12-4-1-10(2-5-12)7-8-18/h1-6,9,17-18H,7-8H2. The molecule has 2 aromatic carbocycles. The van der Waals surface area contributed by atoms with Gasteiger partial charge < -0.3 is 5.11 Å². The van der Waals surface area contributed by atoms with Gasteiger partial charge in [0.1, 0.15) is 5.82 Å². The highest BCUT2D eigenvalue weighted by molar-refractivity contribution is 9.10. The fourth-order valence-electron chi connectivity index (χ4n) is 1.74. The number of rotatable bonds is 5. The molecule has 2 aromatic rings.